The highest BCUT2D eigenvalue weighted by molar-refractivity contribution is 7.86. The molecule has 2 heterocycles. The minimum Gasteiger partial charge on any atom is -0.344 e. The number of allylic oxidation sites excluding steroid dienone is 8. The van der Waals surface area contributed by atoms with Crippen molar-refractivity contribution >= 4 is 53.0 Å². The summed E-state index contributed by atoms with van der Waals surface area (Å²) in [7, 11) is -12.9. The van der Waals surface area contributed by atoms with Crippen LogP contribution in [0, 0.1) is 11.6 Å². The maximum absolute atomic E-state index is 15.9. The summed E-state index contributed by atoms with van der Waals surface area (Å²) in [6.45, 7) is 8.71. The van der Waals surface area contributed by atoms with Crippen molar-refractivity contribution in [1.82, 2.24) is 0 Å². The minimum absolute atomic E-state index is 0.153. The van der Waals surface area contributed by atoms with E-state index in [2.05, 4.69) is 18.4 Å². The van der Waals surface area contributed by atoms with Crippen LogP contribution in [-0.4, -0.2) is 73.8 Å². The maximum Gasteiger partial charge on any atom is 0.294 e. The van der Waals surface area contributed by atoms with Gasteiger partial charge in [-0.15, -0.1) is 0 Å². The van der Waals surface area contributed by atoms with Crippen LogP contribution in [0.15, 0.2) is 107 Å². The zero-order valence-corrected chi connectivity index (χ0v) is 36.5. The van der Waals surface area contributed by atoms with Crippen LogP contribution in [0.2, 0.25) is 0 Å². The molecule has 3 aromatic carbocycles. The molecule has 0 spiro atoms. The first-order valence-corrected chi connectivity index (χ1v) is 24.5. The predicted molar refractivity (Wildman–Crippen MR) is 230 cm³/mol. The lowest BCUT2D eigenvalue weighted by molar-refractivity contribution is -0.438. The van der Waals surface area contributed by atoms with Gasteiger partial charge in [0.2, 0.25) is 5.69 Å². The molecule has 60 heavy (non-hydrogen) atoms. The number of benzene rings is 3. The van der Waals surface area contributed by atoms with Gasteiger partial charge in [-0.3, -0.25) is 13.7 Å². The zero-order chi connectivity index (χ0) is 43.8. The Bertz CT molecular complexity index is 2680. The van der Waals surface area contributed by atoms with E-state index in [0.717, 1.165) is 17.0 Å². The van der Waals surface area contributed by atoms with E-state index in [1.54, 1.807) is 6.07 Å². The highest BCUT2D eigenvalue weighted by Gasteiger charge is 2.44. The van der Waals surface area contributed by atoms with E-state index in [1.807, 2.05) is 67.3 Å². The fourth-order valence-corrected chi connectivity index (χ4v) is 10.4. The second-order valence-corrected chi connectivity index (χ2v) is 21.1. The third-order valence-corrected chi connectivity index (χ3v) is 14.1. The molecule has 322 valence electrons. The predicted octanol–water partition coefficient (Wildman–Crippen LogP) is 8.73. The van der Waals surface area contributed by atoms with Crippen LogP contribution >= 0.6 is 0 Å². The molecule has 16 heteroatoms. The van der Waals surface area contributed by atoms with E-state index in [0.29, 0.717) is 78.9 Å². The van der Waals surface area contributed by atoms with Crippen LogP contribution < -0.4 is 4.90 Å². The normalized spacial score (nSPS) is 19.2. The number of rotatable bonds is 15. The number of hydrogen-bond donors (Lipinski definition) is 3. The summed E-state index contributed by atoms with van der Waals surface area (Å²) in [5.74, 6) is -2.25. The Kier molecular flexibility index (Phi) is 13.0. The summed E-state index contributed by atoms with van der Waals surface area (Å²) < 4.78 is 133. The smallest absolute Gasteiger partial charge is 0.294 e. The Balaban J connectivity index is 1.47. The average molecular weight is 886 g/mol. The topological polar surface area (TPSA) is 169 Å². The summed E-state index contributed by atoms with van der Waals surface area (Å²) in [5.41, 5.74) is 5.15. The molecule has 0 aromatic heterocycles. The molecule has 0 saturated heterocycles. The van der Waals surface area contributed by atoms with Gasteiger partial charge in [0.25, 0.3) is 30.4 Å². The Morgan fingerprint density at radius 1 is 0.733 bits per heavy atom. The largest absolute Gasteiger partial charge is 0.344 e. The van der Waals surface area contributed by atoms with Crippen molar-refractivity contribution < 1.29 is 52.3 Å². The number of para-hydroxylation sites is 1. The molecule has 3 aromatic rings. The Labute approximate surface area is 351 Å². The monoisotopic (exact) mass is 885 g/mol. The quantitative estimate of drug-likeness (QED) is 0.0763. The van der Waals surface area contributed by atoms with Crippen molar-refractivity contribution in [3.8, 4) is 0 Å². The first kappa shape index (κ1) is 45.2. The van der Waals surface area contributed by atoms with Crippen LogP contribution in [-0.2, 0) is 41.2 Å². The van der Waals surface area contributed by atoms with Crippen LogP contribution in [0.1, 0.15) is 89.3 Å². The van der Waals surface area contributed by atoms with Crippen LogP contribution in [0.25, 0.3) is 5.57 Å². The third kappa shape index (κ3) is 9.74. The standard InChI is InChI=1S/C44H50F2N2O9S3/c1-43(2)33-15-5-6-18-37(33)47(25-7-9-27-58(49,50)51)39(43)23-19-30-13-11-14-31(41(30)42-35(45)16-12-17-36(42)46)20-24-40-44(3,4)34-29-32(60(55,56)57)21-22-38(34)48(40)26-8-10-28-59(52,53)54/h5-6,12,15-24,29H,7-11,13-14,25-28H2,1-4H3,(H2-,49,50,51,52,53,54,55,56,57)/p+1. The zero-order valence-electron chi connectivity index (χ0n) is 34.0. The van der Waals surface area contributed by atoms with E-state index < -0.39 is 58.6 Å². The highest BCUT2D eigenvalue weighted by atomic mass is 32.2. The van der Waals surface area contributed by atoms with Gasteiger partial charge in [0.15, 0.2) is 5.71 Å². The second-order valence-electron chi connectivity index (χ2n) is 16.5. The first-order chi connectivity index (χ1) is 28.0. The lowest BCUT2D eigenvalue weighted by Gasteiger charge is -2.28. The summed E-state index contributed by atoms with van der Waals surface area (Å²) in [6.07, 6.45) is 10.4. The molecule has 1 aliphatic carbocycles. The van der Waals surface area contributed by atoms with Crippen molar-refractivity contribution in [2.75, 3.05) is 29.5 Å². The van der Waals surface area contributed by atoms with E-state index in [1.165, 1.54) is 30.3 Å². The maximum atomic E-state index is 15.9. The molecule has 0 bridgehead atoms. The van der Waals surface area contributed by atoms with Crippen molar-refractivity contribution in [3.05, 3.63) is 130 Å². The molecule has 0 saturated carbocycles. The number of unbranched alkanes of at least 4 members (excludes halogenated alkanes) is 2. The molecule has 11 nitrogen and oxygen atoms in total. The molecular formula is C44H51F2N2O9S3+. The van der Waals surface area contributed by atoms with Gasteiger partial charge in [-0.05, 0) is 111 Å². The molecule has 2 aliphatic heterocycles. The summed E-state index contributed by atoms with van der Waals surface area (Å²) in [4.78, 5) is 1.65. The van der Waals surface area contributed by atoms with Crippen molar-refractivity contribution in [3.63, 3.8) is 0 Å². The van der Waals surface area contributed by atoms with E-state index in [4.69, 9.17) is 0 Å². The van der Waals surface area contributed by atoms with Crippen molar-refractivity contribution in [2.24, 2.45) is 0 Å². The summed E-state index contributed by atoms with van der Waals surface area (Å²) in [6, 6.07) is 16.0. The summed E-state index contributed by atoms with van der Waals surface area (Å²) >= 11 is 0. The lowest BCUT2D eigenvalue weighted by atomic mass is 9.79. The second kappa shape index (κ2) is 17.2. The Morgan fingerprint density at radius 3 is 2.03 bits per heavy atom. The number of hydrogen-bond acceptors (Lipinski definition) is 7. The van der Waals surface area contributed by atoms with E-state index in [9.17, 15) is 38.9 Å². The molecular weight excluding hydrogens is 835 g/mol. The van der Waals surface area contributed by atoms with Gasteiger partial charge in [-0.2, -0.15) is 29.8 Å². The average Bonchev–Trinajstić information content (AvgIpc) is 3.50. The molecule has 0 unspecified atom stereocenters. The molecule has 0 amide bonds. The number of fused-ring (bicyclic) bond motifs is 2. The Morgan fingerprint density at radius 2 is 1.38 bits per heavy atom. The fourth-order valence-electron chi connectivity index (χ4n) is 8.72. The van der Waals surface area contributed by atoms with E-state index in [-0.39, 0.29) is 29.1 Å². The Hall–Kier alpha value is -4.32. The van der Waals surface area contributed by atoms with Gasteiger partial charge >= 0.3 is 0 Å². The van der Waals surface area contributed by atoms with Crippen LogP contribution in [0.5, 0.6) is 0 Å². The van der Waals surface area contributed by atoms with Gasteiger partial charge in [0.1, 0.15) is 18.2 Å². The highest BCUT2D eigenvalue weighted by Crippen LogP contribution is 2.49. The number of halogens is 2. The molecule has 0 atom stereocenters. The van der Waals surface area contributed by atoms with Crippen LogP contribution in [0.3, 0.4) is 0 Å². The van der Waals surface area contributed by atoms with E-state index >= 15 is 8.78 Å². The van der Waals surface area contributed by atoms with Crippen LogP contribution in [0.4, 0.5) is 20.2 Å². The SMILES string of the molecule is CC1(C)C(/C=C/C2=C(c3c(F)cccc3F)C(=C/C=C3/N(CCCCS(=O)(=O)O)c4ccc(S(=O)(=O)O)cc4C3(C)C)/CCC2)=[N+](CCCCS(=O)(=O)O)c2ccccc21. The number of anilines is 1. The van der Waals surface area contributed by atoms with Gasteiger partial charge in [0, 0.05) is 47.5 Å². The molecule has 0 radical (unpaired) electrons. The van der Waals surface area contributed by atoms with Gasteiger partial charge < -0.3 is 4.90 Å². The first-order valence-electron chi connectivity index (χ1n) is 19.8. The van der Waals surface area contributed by atoms with Gasteiger partial charge in [0.05, 0.1) is 27.4 Å². The molecule has 6 rings (SSSR count). The van der Waals surface area contributed by atoms with Crippen molar-refractivity contribution in [1.29, 1.82) is 0 Å². The molecule has 0 fully saturated rings. The van der Waals surface area contributed by atoms with Gasteiger partial charge in [-0.25, -0.2) is 8.78 Å². The third-order valence-electron chi connectivity index (χ3n) is 11.7. The number of nitrogens with zero attached hydrogens (tertiary/aromatic N) is 2. The lowest BCUT2D eigenvalue weighted by Crippen LogP contribution is -2.28. The molecule has 3 N–H and O–H groups in total. The fraction of sp³-hybridized carbons (Fsp3) is 0.386. The minimum atomic E-state index is -4.54. The van der Waals surface area contributed by atoms with Gasteiger partial charge in [-0.1, -0.05) is 50.3 Å². The molecule has 3 aliphatic rings. The van der Waals surface area contributed by atoms with Crippen molar-refractivity contribution in [2.45, 2.75) is 88.4 Å². The summed E-state index contributed by atoms with van der Waals surface area (Å²) in [5, 5.41) is 0.